The van der Waals surface area contributed by atoms with Gasteiger partial charge in [-0.25, -0.2) is 13.2 Å². The van der Waals surface area contributed by atoms with Crippen LogP contribution in [-0.4, -0.2) is 62.7 Å². The zero-order chi connectivity index (χ0) is 21.6. The summed E-state index contributed by atoms with van der Waals surface area (Å²) in [5.41, 5.74) is 3.29. The van der Waals surface area contributed by atoms with Crippen LogP contribution < -0.4 is 5.32 Å². The van der Waals surface area contributed by atoms with E-state index in [1.807, 2.05) is 29.2 Å². The maximum Gasteiger partial charge on any atom is 0.318 e. The number of sulfone groups is 1. The molecule has 4 heterocycles. The third-order valence-electron chi connectivity index (χ3n) is 7.13. The molecule has 1 N–H and O–H groups in total. The lowest BCUT2D eigenvalue weighted by molar-refractivity contribution is 0.0715. The Bertz CT molecular complexity index is 1080. The molecular formula is C24H29N3O3S. The lowest BCUT2D eigenvalue weighted by Gasteiger charge is -2.46. The van der Waals surface area contributed by atoms with Gasteiger partial charge in [-0.05, 0) is 67.1 Å². The van der Waals surface area contributed by atoms with Gasteiger partial charge >= 0.3 is 6.03 Å². The Morgan fingerprint density at radius 1 is 1.00 bits per heavy atom. The van der Waals surface area contributed by atoms with Crippen LogP contribution in [0.2, 0.25) is 0 Å². The van der Waals surface area contributed by atoms with Gasteiger partial charge in [-0.2, -0.15) is 0 Å². The lowest BCUT2D eigenvalue weighted by Crippen LogP contribution is -2.59. The Morgan fingerprint density at radius 3 is 2.35 bits per heavy atom. The number of amides is 2. The molecule has 0 saturated carbocycles. The van der Waals surface area contributed by atoms with E-state index in [9.17, 15) is 13.2 Å². The molecule has 6 nitrogen and oxygen atoms in total. The molecule has 0 spiro atoms. The molecule has 2 bridgehead atoms. The number of carbonyl (C=O) groups is 1. The third kappa shape index (κ3) is 3.96. The molecule has 2 aromatic rings. The van der Waals surface area contributed by atoms with Gasteiger partial charge in [0.25, 0.3) is 0 Å². The van der Waals surface area contributed by atoms with Crippen molar-refractivity contribution in [3.8, 4) is 0 Å². The van der Waals surface area contributed by atoms with Gasteiger partial charge in [0, 0.05) is 25.4 Å². The number of piperidine rings is 3. The first kappa shape index (κ1) is 20.5. The molecule has 3 fully saturated rings. The van der Waals surface area contributed by atoms with E-state index < -0.39 is 9.84 Å². The number of fused-ring (bicyclic) bond motifs is 4. The molecule has 164 valence electrons. The summed E-state index contributed by atoms with van der Waals surface area (Å²) in [7, 11) is -3.26. The van der Waals surface area contributed by atoms with E-state index in [2.05, 4.69) is 22.3 Å². The maximum atomic E-state index is 13.5. The minimum atomic E-state index is -3.26. The Balaban J connectivity index is 1.45. The average Bonchev–Trinajstić information content (AvgIpc) is 2.78. The van der Waals surface area contributed by atoms with Crippen molar-refractivity contribution >= 4 is 15.9 Å². The van der Waals surface area contributed by atoms with Gasteiger partial charge in [-0.3, -0.25) is 0 Å². The van der Waals surface area contributed by atoms with Gasteiger partial charge in [-0.1, -0.05) is 36.4 Å². The molecule has 31 heavy (non-hydrogen) atoms. The minimum absolute atomic E-state index is 0.0227. The summed E-state index contributed by atoms with van der Waals surface area (Å²) in [6.07, 6.45) is 4.35. The summed E-state index contributed by atoms with van der Waals surface area (Å²) in [6.45, 7) is 3.86. The van der Waals surface area contributed by atoms with Crippen molar-refractivity contribution in [2.24, 2.45) is 5.92 Å². The zero-order valence-electron chi connectivity index (χ0n) is 17.8. The molecule has 7 heteroatoms. The van der Waals surface area contributed by atoms with Crippen molar-refractivity contribution in [3.05, 3.63) is 65.2 Å². The number of rotatable bonds is 3. The molecule has 4 aliphatic rings. The number of urea groups is 1. The van der Waals surface area contributed by atoms with Crippen LogP contribution in [0.3, 0.4) is 0 Å². The van der Waals surface area contributed by atoms with Gasteiger partial charge in [0.1, 0.15) is 0 Å². The van der Waals surface area contributed by atoms with Crippen LogP contribution in [0.25, 0.3) is 0 Å². The molecular weight excluding hydrogens is 410 g/mol. The quantitative estimate of drug-likeness (QED) is 0.799. The highest BCUT2D eigenvalue weighted by molar-refractivity contribution is 7.90. The highest BCUT2D eigenvalue weighted by Crippen LogP contribution is 2.36. The second-order valence-corrected chi connectivity index (χ2v) is 11.1. The van der Waals surface area contributed by atoms with Crippen LogP contribution in [0.1, 0.15) is 35.6 Å². The fourth-order valence-corrected chi connectivity index (χ4v) is 6.04. The van der Waals surface area contributed by atoms with Crippen molar-refractivity contribution in [2.45, 2.75) is 36.2 Å². The molecule has 0 radical (unpaired) electrons. The van der Waals surface area contributed by atoms with E-state index in [-0.39, 0.29) is 18.1 Å². The number of hydrogen-bond donors (Lipinski definition) is 1. The third-order valence-corrected chi connectivity index (χ3v) is 8.26. The van der Waals surface area contributed by atoms with Gasteiger partial charge in [-0.15, -0.1) is 0 Å². The van der Waals surface area contributed by atoms with Crippen LogP contribution in [0, 0.1) is 5.92 Å². The van der Waals surface area contributed by atoms with Gasteiger partial charge in [0.05, 0.1) is 10.9 Å². The largest absolute Gasteiger partial charge is 0.334 e. The van der Waals surface area contributed by atoms with Crippen molar-refractivity contribution in [3.63, 3.8) is 0 Å². The van der Waals surface area contributed by atoms with Crippen LogP contribution in [0.4, 0.5) is 4.79 Å². The molecule has 2 atom stereocenters. The second-order valence-electron chi connectivity index (χ2n) is 9.08. The van der Waals surface area contributed by atoms with Crippen LogP contribution >= 0.6 is 0 Å². The molecule has 2 aromatic carbocycles. The molecule has 2 amide bonds. The van der Waals surface area contributed by atoms with Crippen molar-refractivity contribution < 1.29 is 13.2 Å². The van der Waals surface area contributed by atoms with Crippen molar-refractivity contribution in [1.29, 1.82) is 0 Å². The first-order valence-corrected chi connectivity index (χ1v) is 13.0. The standard InChI is InChI=1S/C24H29N3O3S/c1-31(29,30)20-8-6-19(7-9-20)23-21-5-3-2-4-17(21)12-15-27(23)24(28)25-22-16-26-13-10-18(22)11-14-26/h2-9,18,22-23H,10-16H2,1H3,(H,25,28)/t22-,23+/m1/s1. The zero-order valence-corrected chi connectivity index (χ0v) is 18.6. The Kier molecular flexibility index (Phi) is 5.26. The summed E-state index contributed by atoms with van der Waals surface area (Å²) < 4.78 is 23.8. The van der Waals surface area contributed by atoms with Gasteiger partial charge in [0.2, 0.25) is 0 Å². The highest BCUT2D eigenvalue weighted by Gasteiger charge is 2.38. The van der Waals surface area contributed by atoms with E-state index in [4.69, 9.17) is 0 Å². The van der Waals surface area contributed by atoms with E-state index >= 15 is 0 Å². The summed E-state index contributed by atoms with van der Waals surface area (Å²) in [5, 5.41) is 3.34. The van der Waals surface area contributed by atoms with E-state index in [0.717, 1.165) is 50.0 Å². The summed E-state index contributed by atoms with van der Waals surface area (Å²) in [4.78, 5) is 18.1. The summed E-state index contributed by atoms with van der Waals surface area (Å²) >= 11 is 0. The fourth-order valence-electron chi connectivity index (χ4n) is 5.41. The SMILES string of the molecule is CS(=O)(=O)c1ccc([C@H]2c3ccccc3CCN2C(=O)N[C@@H]2CN3CCC2CC3)cc1. The van der Waals surface area contributed by atoms with Gasteiger partial charge in [0.15, 0.2) is 9.84 Å². The monoisotopic (exact) mass is 439 g/mol. The molecule has 0 unspecified atom stereocenters. The Labute approximate surface area is 184 Å². The predicted molar refractivity (Wildman–Crippen MR) is 120 cm³/mol. The number of benzene rings is 2. The lowest BCUT2D eigenvalue weighted by atomic mass is 9.84. The molecule has 0 aliphatic carbocycles. The van der Waals surface area contributed by atoms with Crippen LogP contribution in [0.15, 0.2) is 53.4 Å². The number of nitrogens with one attached hydrogen (secondary N) is 1. The van der Waals surface area contributed by atoms with E-state index in [1.54, 1.807) is 12.1 Å². The Hall–Kier alpha value is -2.38. The summed E-state index contributed by atoms with van der Waals surface area (Å²) in [6, 6.07) is 15.2. The predicted octanol–water partition coefficient (Wildman–Crippen LogP) is 2.84. The molecule has 3 saturated heterocycles. The number of hydrogen-bond acceptors (Lipinski definition) is 4. The smallest absolute Gasteiger partial charge is 0.318 e. The molecule has 4 aliphatic heterocycles. The number of carbonyl (C=O) groups excluding carboxylic acids is 1. The molecule has 0 aromatic heterocycles. The average molecular weight is 440 g/mol. The van der Waals surface area contributed by atoms with Crippen molar-refractivity contribution in [1.82, 2.24) is 15.1 Å². The first-order chi connectivity index (χ1) is 14.9. The van der Waals surface area contributed by atoms with Gasteiger partial charge < -0.3 is 15.1 Å². The van der Waals surface area contributed by atoms with Crippen LogP contribution in [-0.2, 0) is 16.3 Å². The van der Waals surface area contributed by atoms with Crippen molar-refractivity contribution in [2.75, 3.05) is 32.4 Å². The van der Waals surface area contributed by atoms with E-state index in [1.165, 1.54) is 11.8 Å². The minimum Gasteiger partial charge on any atom is -0.334 e. The van der Waals surface area contributed by atoms with E-state index in [0.29, 0.717) is 17.4 Å². The topological polar surface area (TPSA) is 69.7 Å². The first-order valence-electron chi connectivity index (χ1n) is 11.1. The highest BCUT2D eigenvalue weighted by atomic mass is 32.2. The van der Waals surface area contributed by atoms with Crippen LogP contribution in [0.5, 0.6) is 0 Å². The molecule has 6 rings (SSSR count). The second kappa shape index (κ2) is 7.95. The summed E-state index contributed by atoms with van der Waals surface area (Å²) in [5.74, 6) is 0.568. The Morgan fingerprint density at radius 2 is 1.71 bits per heavy atom. The fraction of sp³-hybridized carbons (Fsp3) is 0.458. The normalized spacial score (nSPS) is 27.6. The number of nitrogens with zero attached hydrogens (tertiary/aromatic N) is 2. The maximum absolute atomic E-state index is 13.5.